The van der Waals surface area contributed by atoms with E-state index in [0.29, 0.717) is 45.2 Å². The third kappa shape index (κ3) is 2.66. The van der Waals surface area contributed by atoms with E-state index >= 15 is 0 Å². The molecule has 0 aromatic rings. The van der Waals surface area contributed by atoms with Gasteiger partial charge in [0.05, 0.1) is 5.60 Å². The summed E-state index contributed by atoms with van der Waals surface area (Å²) in [6, 6.07) is 0. The lowest BCUT2D eigenvalue weighted by atomic mass is 9.32. The minimum absolute atomic E-state index is 0.152. The molecule has 0 heterocycles. The molecule has 5 aliphatic carbocycles. The van der Waals surface area contributed by atoms with Crippen LogP contribution in [0, 0.1) is 56.7 Å². The molecule has 9 atom stereocenters. The molecule has 5 saturated carbocycles. The van der Waals surface area contributed by atoms with Gasteiger partial charge in [-0.25, -0.2) is 0 Å². The lowest BCUT2D eigenvalue weighted by Gasteiger charge is -2.73. The van der Waals surface area contributed by atoms with Crippen LogP contribution in [0.25, 0.3) is 0 Å². The van der Waals surface area contributed by atoms with E-state index in [2.05, 4.69) is 55.4 Å². The quantitative estimate of drug-likeness (QED) is 0.458. The molecule has 5 fully saturated rings. The summed E-state index contributed by atoms with van der Waals surface area (Å²) in [5.74, 6) is 3.72. The summed E-state index contributed by atoms with van der Waals surface area (Å²) < 4.78 is 0. The van der Waals surface area contributed by atoms with Gasteiger partial charge in [-0.1, -0.05) is 41.5 Å². The summed E-state index contributed by atoms with van der Waals surface area (Å²) in [5.41, 5.74) is 0.741. The number of hydrogen-bond acceptors (Lipinski definition) is 2. The standard InChI is InChI=1S/C30H50O2/c1-25(2)21-13-18-30(8)23(28(21,6)16-14-24(25)31)10-9-22-27(5)15-11-19(26(3,4)32)20(27)12-17-29(22,30)7/h19-23,32H,9-18H2,1-8H3/t19-,20+,21+,22+,23-,27+,28+,29-,30-/m1/s1. The molecule has 0 spiro atoms. The van der Waals surface area contributed by atoms with Gasteiger partial charge < -0.3 is 5.11 Å². The smallest absolute Gasteiger partial charge is 0.138 e. The molecule has 0 aromatic carbocycles. The Bertz CT molecular complexity index is 806. The van der Waals surface area contributed by atoms with E-state index in [9.17, 15) is 9.90 Å². The van der Waals surface area contributed by atoms with E-state index in [-0.39, 0.29) is 5.41 Å². The monoisotopic (exact) mass is 442 g/mol. The molecule has 0 aliphatic heterocycles. The first-order chi connectivity index (χ1) is 14.6. The van der Waals surface area contributed by atoms with Gasteiger partial charge in [0.1, 0.15) is 5.78 Å². The Labute approximate surface area is 197 Å². The van der Waals surface area contributed by atoms with Crippen LogP contribution in [0.4, 0.5) is 0 Å². The highest BCUT2D eigenvalue weighted by atomic mass is 16.3. The number of rotatable bonds is 1. The first kappa shape index (κ1) is 23.4. The molecule has 0 amide bonds. The van der Waals surface area contributed by atoms with Crippen LogP contribution < -0.4 is 0 Å². The Kier molecular flexibility index (Phi) is 4.85. The van der Waals surface area contributed by atoms with Gasteiger partial charge in [-0.05, 0) is 123 Å². The third-order valence-electron chi connectivity index (χ3n) is 13.6. The maximum Gasteiger partial charge on any atom is 0.138 e. The highest BCUT2D eigenvalue weighted by molar-refractivity contribution is 5.85. The summed E-state index contributed by atoms with van der Waals surface area (Å²) >= 11 is 0. The van der Waals surface area contributed by atoms with Gasteiger partial charge in [-0.3, -0.25) is 4.79 Å². The van der Waals surface area contributed by atoms with Gasteiger partial charge in [0.15, 0.2) is 0 Å². The Morgan fingerprint density at radius 3 is 1.88 bits per heavy atom. The maximum atomic E-state index is 12.9. The number of aliphatic hydroxyl groups is 1. The van der Waals surface area contributed by atoms with Gasteiger partial charge in [-0.15, -0.1) is 0 Å². The van der Waals surface area contributed by atoms with Gasteiger partial charge in [-0.2, -0.15) is 0 Å². The van der Waals surface area contributed by atoms with Crippen molar-refractivity contribution in [2.75, 3.05) is 0 Å². The second-order valence-corrected chi connectivity index (χ2v) is 15.2. The molecule has 0 saturated heterocycles. The number of carbonyl (C=O) groups excluding carboxylic acids is 1. The molecule has 5 rings (SSSR count). The molecular formula is C30H50O2. The zero-order valence-corrected chi connectivity index (χ0v) is 22.3. The van der Waals surface area contributed by atoms with Crippen LogP contribution in [0.1, 0.15) is 120 Å². The molecule has 2 nitrogen and oxygen atoms in total. The second-order valence-electron chi connectivity index (χ2n) is 15.2. The Balaban J connectivity index is 1.52. The zero-order valence-electron chi connectivity index (χ0n) is 22.3. The molecule has 0 radical (unpaired) electrons. The van der Waals surface area contributed by atoms with Crippen molar-refractivity contribution in [3.63, 3.8) is 0 Å². The average molecular weight is 443 g/mol. The lowest BCUT2D eigenvalue weighted by molar-refractivity contribution is -0.240. The van der Waals surface area contributed by atoms with Crippen molar-refractivity contribution in [3.05, 3.63) is 0 Å². The van der Waals surface area contributed by atoms with Crippen LogP contribution in [0.5, 0.6) is 0 Å². The maximum absolute atomic E-state index is 12.9. The summed E-state index contributed by atoms with van der Waals surface area (Å²) in [7, 11) is 0. The lowest BCUT2D eigenvalue weighted by Crippen LogP contribution is -2.66. The van der Waals surface area contributed by atoms with Crippen LogP contribution >= 0.6 is 0 Å². The topological polar surface area (TPSA) is 37.3 Å². The fourth-order valence-electron chi connectivity index (χ4n) is 11.8. The first-order valence-electron chi connectivity index (χ1n) is 13.9. The zero-order chi connectivity index (χ0) is 23.5. The van der Waals surface area contributed by atoms with Crippen molar-refractivity contribution in [2.24, 2.45) is 56.7 Å². The van der Waals surface area contributed by atoms with Crippen LogP contribution in [0.15, 0.2) is 0 Å². The number of carbonyl (C=O) groups is 1. The van der Waals surface area contributed by atoms with E-state index < -0.39 is 5.60 Å². The summed E-state index contributed by atoms with van der Waals surface area (Å²) in [6.07, 6.45) is 12.3. The second kappa shape index (κ2) is 6.64. The predicted octanol–water partition coefficient (Wildman–Crippen LogP) is 7.43. The number of ketones is 1. The van der Waals surface area contributed by atoms with Crippen molar-refractivity contribution in [1.82, 2.24) is 0 Å². The Morgan fingerprint density at radius 1 is 0.719 bits per heavy atom. The van der Waals surface area contributed by atoms with Crippen LogP contribution in [0.3, 0.4) is 0 Å². The van der Waals surface area contributed by atoms with E-state index in [1.807, 2.05) is 0 Å². The SMILES string of the molecule is CC(C)(O)[C@@H]1CC[C@@]2(C)[C@H]1CC[C@]1(C)[C@H]2CC[C@@H]2[C@@]3(C)CCC(=O)C(C)(C)[C@@H]3CC[C@]21C. The Hall–Kier alpha value is -0.370. The fraction of sp³-hybridized carbons (Fsp3) is 0.967. The minimum Gasteiger partial charge on any atom is -0.390 e. The van der Waals surface area contributed by atoms with Gasteiger partial charge >= 0.3 is 0 Å². The number of Topliss-reactive ketones (excluding diaryl/α,β-unsaturated/α-hetero) is 1. The first-order valence-corrected chi connectivity index (χ1v) is 13.9. The molecule has 5 aliphatic rings. The summed E-state index contributed by atoms with van der Waals surface area (Å²) in [4.78, 5) is 12.9. The van der Waals surface area contributed by atoms with E-state index in [1.54, 1.807) is 0 Å². The number of hydrogen-bond donors (Lipinski definition) is 1. The summed E-state index contributed by atoms with van der Waals surface area (Å²) in [6.45, 7) is 19.2. The van der Waals surface area contributed by atoms with Crippen LogP contribution in [-0.4, -0.2) is 16.5 Å². The highest BCUT2D eigenvalue weighted by Gasteiger charge is 2.71. The third-order valence-corrected chi connectivity index (χ3v) is 13.6. The molecule has 0 unspecified atom stereocenters. The molecular weight excluding hydrogens is 392 g/mol. The highest BCUT2D eigenvalue weighted by Crippen LogP contribution is 2.77. The van der Waals surface area contributed by atoms with Crippen LogP contribution in [0.2, 0.25) is 0 Å². The fourth-order valence-corrected chi connectivity index (χ4v) is 11.8. The van der Waals surface area contributed by atoms with Crippen molar-refractivity contribution in [2.45, 2.75) is 125 Å². The molecule has 2 heteroatoms. The molecule has 0 bridgehead atoms. The van der Waals surface area contributed by atoms with Crippen molar-refractivity contribution >= 4 is 5.78 Å². The predicted molar refractivity (Wildman–Crippen MR) is 131 cm³/mol. The van der Waals surface area contributed by atoms with Crippen molar-refractivity contribution < 1.29 is 9.90 Å². The molecule has 0 aromatic heterocycles. The summed E-state index contributed by atoms with van der Waals surface area (Å²) in [5, 5.41) is 11.0. The molecule has 1 N–H and O–H groups in total. The van der Waals surface area contributed by atoms with Crippen LogP contribution in [-0.2, 0) is 4.79 Å². The van der Waals surface area contributed by atoms with E-state index in [0.717, 1.165) is 24.7 Å². The van der Waals surface area contributed by atoms with Crippen molar-refractivity contribution in [3.8, 4) is 0 Å². The largest absolute Gasteiger partial charge is 0.390 e. The van der Waals surface area contributed by atoms with Crippen molar-refractivity contribution in [1.29, 1.82) is 0 Å². The van der Waals surface area contributed by atoms with E-state index in [4.69, 9.17) is 0 Å². The normalized spacial score (nSPS) is 54.9. The average Bonchev–Trinajstić information content (AvgIpc) is 3.03. The van der Waals surface area contributed by atoms with Gasteiger partial charge in [0.25, 0.3) is 0 Å². The molecule has 182 valence electrons. The van der Waals surface area contributed by atoms with E-state index in [1.165, 1.54) is 51.4 Å². The Morgan fingerprint density at radius 2 is 1.28 bits per heavy atom. The number of fused-ring (bicyclic) bond motifs is 7. The minimum atomic E-state index is -0.553. The molecule has 32 heavy (non-hydrogen) atoms. The van der Waals surface area contributed by atoms with Gasteiger partial charge in [0, 0.05) is 11.8 Å². The van der Waals surface area contributed by atoms with Gasteiger partial charge in [0.2, 0.25) is 0 Å².